The number of nitrogens with zero attached hydrogens (tertiary/aromatic N) is 3. The van der Waals surface area contributed by atoms with E-state index in [4.69, 9.17) is 16.3 Å². The number of hydrogen-bond acceptors (Lipinski definition) is 4. The standard InChI is InChI=1S/C16H16ClN3O3/c17-13-4-2-12(3-5-13)14-10-19(8-9-23-14)15(21)11-20-7-1-6-18-16(20)22/h1-7,14H,8-11H2/t14-/m1/s1. The van der Waals surface area contributed by atoms with Crippen molar-refractivity contribution in [3.05, 3.63) is 63.8 Å². The lowest BCUT2D eigenvalue weighted by Crippen LogP contribution is -2.44. The van der Waals surface area contributed by atoms with Crippen LogP contribution in [0.1, 0.15) is 11.7 Å². The number of benzene rings is 1. The van der Waals surface area contributed by atoms with Crippen LogP contribution in [0.15, 0.2) is 47.5 Å². The van der Waals surface area contributed by atoms with Crippen LogP contribution in [-0.2, 0) is 16.1 Å². The average Bonchev–Trinajstić information content (AvgIpc) is 2.58. The molecule has 3 rings (SSSR count). The molecular weight excluding hydrogens is 318 g/mol. The lowest BCUT2D eigenvalue weighted by molar-refractivity contribution is -0.139. The molecule has 0 unspecified atom stereocenters. The van der Waals surface area contributed by atoms with Gasteiger partial charge in [0.15, 0.2) is 0 Å². The van der Waals surface area contributed by atoms with E-state index in [2.05, 4.69) is 4.98 Å². The molecule has 0 N–H and O–H groups in total. The second-order valence-corrected chi connectivity index (χ2v) is 5.72. The van der Waals surface area contributed by atoms with E-state index in [1.807, 2.05) is 12.1 Å². The minimum absolute atomic E-state index is 0.0139. The molecule has 7 heteroatoms. The van der Waals surface area contributed by atoms with Crippen LogP contribution >= 0.6 is 11.6 Å². The maximum absolute atomic E-state index is 12.4. The molecule has 1 aliphatic heterocycles. The Morgan fingerprint density at radius 1 is 1.35 bits per heavy atom. The summed E-state index contributed by atoms with van der Waals surface area (Å²) in [5, 5.41) is 0.661. The molecule has 1 atom stereocenters. The van der Waals surface area contributed by atoms with Gasteiger partial charge in [-0.25, -0.2) is 9.78 Å². The molecular formula is C16H16ClN3O3. The Hall–Kier alpha value is -2.18. The maximum atomic E-state index is 12.4. The molecule has 0 bridgehead atoms. The van der Waals surface area contributed by atoms with Gasteiger partial charge < -0.3 is 9.64 Å². The zero-order valence-corrected chi connectivity index (χ0v) is 13.1. The molecule has 0 aliphatic carbocycles. The second kappa shape index (κ2) is 6.93. The van der Waals surface area contributed by atoms with Crippen molar-refractivity contribution in [1.82, 2.24) is 14.5 Å². The van der Waals surface area contributed by atoms with Gasteiger partial charge in [-0.3, -0.25) is 9.36 Å². The molecule has 1 aliphatic rings. The van der Waals surface area contributed by atoms with Crippen molar-refractivity contribution >= 4 is 17.5 Å². The van der Waals surface area contributed by atoms with Gasteiger partial charge in [-0.05, 0) is 23.8 Å². The predicted molar refractivity (Wildman–Crippen MR) is 85.2 cm³/mol. The Bertz CT molecular complexity index is 745. The monoisotopic (exact) mass is 333 g/mol. The quantitative estimate of drug-likeness (QED) is 0.854. The number of carbonyl (C=O) groups excluding carboxylic acids is 1. The zero-order valence-electron chi connectivity index (χ0n) is 12.4. The number of rotatable bonds is 3. The molecule has 6 nitrogen and oxygen atoms in total. The van der Waals surface area contributed by atoms with Gasteiger partial charge in [-0.2, -0.15) is 0 Å². The third kappa shape index (κ3) is 3.78. The number of morpholine rings is 1. The number of amides is 1. The number of ether oxygens (including phenoxy) is 1. The Morgan fingerprint density at radius 3 is 2.87 bits per heavy atom. The summed E-state index contributed by atoms with van der Waals surface area (Å²) >= 11 is 5.89. The van der Waals surface area contributed by atoms with Gasteiger partial charge in [0.05, 0.1) is 13.2 Å². The molecule has 1 aromatic heterocycles. The number of carbonyl (C=O) groups is 1. The largest absolute Gasteiger partial charge is 0.370 e. The highest BCUT2D eigenvalue weighted by molar-refractivity contribution is 6.30. The lowest BCUT2D eigenvalue weighted by Gasteiger charge is -2.33. The van der Waals surface area contributed by atoms with Gasteiger partial charge in [0, 0.05) is 24.0 Å². The topological polar surface area (TPSA) is 64.4 Å². The van der Waals surface area contributed by atoms with Crippen molar-refractivity contribution in [2.24, 2.45) is 0 Å². The number of halogens is 1. The predicted octanol–water partition coefficient (Wildman–Crippen LogP) is 1.50. The van der Waals surface area contributed by atoms with Crippen LogP contribution in [0.4, 0.5) is 0 Å². The van der Waals surface area contributed by atoms with E-state index in [1.54, 1.807) is 29.3 Å². The van der Waals surface area contributed by atoms with Crippen molar-refractivity contribution in [3.8, 4) is 0 Å². The summed E-state index contributed by atoms with van der Waals surface area (Å²) in [5.41, 5.74) is 0.550. The highest BCUT2D eigenvalue weighted by atomic mass is 35.5. The summed E-state index contributed by atoms with van der Waals surface area (Å²) in [4.78, 5) is 29.4. The summed E-state index contributed by atoms with van der Waals surface area (Å²) in [6, 6.07) is 9.02. The first kappa shape index (κ1) is 15.7. The summed E-state index contributed by atoms with van der Waals surface area (Å²) in [6.07, 6.45) is 2.79. The van der Waals surface area contributed by atoms with E-state index in [0.29, 0.717) is 24.7 Å². The number of aromatic nitrogens is 2. The van der Waals surface area contributed by atoms with Gasteiger partial charge in [0.1, 0.15) is 12.6 Å². The SMILES string of the molecule is O=C(Cn1cccnc1=O)N1CCO[C@@H](c2ccc(Cl)cc2)C1. The van der Waals surface area contributed by atoms with Crippen molar-refractivity contribution in [2.45, 2.75) is 12.6 Å². The molecule has 1 fully saturated rings. The smallest absolute Gasteiger partial charge is 0.347 e. The van der Waals surface area contributed by atoms with Gasteiger partial charge in [0.25, 0.3) is 0 Å². The van der Waals surface area contributed by atoms with Crippen LogP contribution in [0.2, 0.25) is 5.02 Å². The van der Waals surface area contributed by atoms with Crippen LogP contribution in [0.25, 0.3) is 0 Å². The van der Waals surface area contributed by atoms with Crippen LogP contribution in [-0.4, -0.2) is 40.1 Å². The molecule has 0 spiro atoms. The van der Waals surface area contributed by atoms with Gasteiger partial charge in [-0.1, -0.05) is 23.7 Å². The van der Waals surface area contributed by atoms with Crippen molar-refractivity contribution in [2.75, 3.05) is 19.7 Å². The molecule has 120 valence electrons. The zero-order chi connectivity index (χ0) is 16.2. The molecule has 1 saturated heterocycles. The summed E-state index contributed by atoms with van der Waals surface area (Å²) in [5.74, 6) is -0.123. The fraction of sp³-hybridized carbons (Fsp3) is 0.312. The van der Waals surface area contributed by atoms with Gasteiger partial charge in [0.2, 0.25) is 5.91 Å². The minimum atomic E-state index is -0.427. The lowest BCUT2D eigenvalue weighted by atomic mass is 10.1. The van der Waals surface area contributed by atoms with Crippen molar-refractivity contribution in [3.63, 3.8) is 0 Å². The van der Waals surface area contributed by atoms with Crippen LogP contribution in [0, 0.1) is 0 Å². The van der Waals surface area contributed by atoms with E-state index < -0.39 is 5.69 Å². The Labute approximate surface area is 138 Å². The Morgan fingerprint density at radius 2 is 2.13 bits per heavy atom. The summed E-state index contributed by atoms with van der Waals surface area (Å²) in [6.45, 7) is 1.41. The van der Waals surface area contributed by atoms with Crippen LogP contribution < -0.4 is 5.69 Å². The maximum Gasteiger partial charge on any atom is 0.347 e. The molecule has 23 heavy (non-hydrogen) atoms. The molecule has 0 radical (unpaired) electrons. The van der Waals surface area contributed by atoms with Gasteiger partial charge >= 0.3 is 5.69 Å². The van der Waals surface area contributed by atoms with E-state index in [-0.39, 0.29) is 18.6 Å². The Kier molecular flexibility index (Phi) is 4.73. The second-order valence-electron chi connectivity index (χ2n) is 5.28. The van der Waals surface area contributed by atoms with E-state index in [0.717, 1.165) is 5.56 Å². The van der Waals surface area contributed by atoms with E-state index in [9.17, 15) is 9.59 Å². The van der Waals surface area contributed by atoms with Crippen LogP contribution in [0.3, 0.4) is 0 Å². The number of hydrogen-bond donors (Lipinski definition) is 0. The molecule has 1 amide bonds. The fourth-order valence-corrected chi connectivity index (χ4v) is 2.63. The van der Waals surface area contributed by atoms with E-state index in [1.165, 1.54) is 10.8 Å². The van der Waals surface area contributed by atoms with E-state index >= 15 is 0 Å². The summed E-state index contributed by atoms with van der Waals surface area (Å²) in [7, 11) is 0. The molecule has 2 aromatic rings. The third-order valence-corrected chi connectivity index (χ3v) is 4.00. The average molecular weight is 334 g/mol. The van der Waals surface area contributed by atoms with Crippen molar-refractivity contribution in [1.29, 1.82) is 0 Å². The highest BCUT2D eigenvalue weighted by Gasteiger charge is 2.25. The first-order valence-electron chi connectivity index (χ1n) is 7.30. The molecule has 1 aromatic carbocycles. The van der Waals surface area contributed by atoms with Crippen molar-refractivity contribution < 1.29 is 9.53 Å². The minimum Gasteiger partial charge on any atom is -0.370 e. The highest BCUT2D eigenvalue weighted by Crippen LogP contribution is 2.23. The fourth-order valence-electron chi connectivity index (χ4n) is 2.51. The Balaban J connectivity index is 1.68. The third-order valence-electron chi connectivity index (χ3n) is 3.75. The summed E-state index contributed by atoms with van der Waals surface area (Å²) < 4.78 is 7.04. The van der Waals surface area contributed by atoms with Crippen LogP contribution in [0.5, 0.6) is 0 Å². The van der Waals surface area contributed by atoms with Gasteiger partial charge in [-0.15, -0.1) is 0 Å². The molecule has 2 heterocycles. The molecule has 0 saturated carbocycles. The first-order chi connectivity index (χ1) is 11.1. The normalized spacial score (nSPS) is 18.0. The first-order valence-corrected chi connectivity index (χ1v) is 7.67.